The van der Waals surface area contributed by atoms with Crippen molar-refractivity contribution in [3.8, 4) is 0 Å². The first-order valence-electron chi connectivity index (χ1n) is 7.49. The van der Waals surface area contributed by atoms with E-state index < -0.39 is 6.10 Å². The predicted molar refractivity (Wildman–Crippen MR) is 76.9 cm³/mol. The lowest BCUT2D eigenvalue weighted by Gasteiger charge is -2.32. The molecule has 1 N–H and O–H groups in total. The Morgan fingerprint density at radius 1 is 1.29 bits per heavy atom. The van der Waals surface area contributed by atoms with Crippen LogP contribution < -0.4 is 5.32 Å². The predicted octanol–water partition coefficient (Wildman–Crippen LogP) is -0.929. The molecule has 0 spiro atoms. The van der Waals surface area contributed by atoms with E-state index in [-0.39, 0.29) is 17.9 Å². The number of ether oxygens (including phenoxy) is 2. The lowest BCUT2D eigenvalue weighted by atomic mass is 10.2. The van der Waals surface area contributed by atoms with Crippen molar-refractivity contribution < 1.29 is 19.1 Å². The standard InChI is InChI=1S/C14H25N3O4/c1-16(2)14(19)12-9-17(5-7-21-12)10-13(18)15-8-11-4-3-6-20-11/h11-12H,3-10H2,1-2H3,(H,15,18). The Kier molecular flexibility index (Phi) is 5.96. The monoisotopic (exact) mass is 299 g/mol. The minimum Gasteiger partial charge on any atom is -0.376 e. The second-order valence-corrected chi connectivity index (χ2v) is 5.77. The first kappa shape index (κ1) is 16.2. The molecule has 2 fully saturated rings. The van der Waals surface area contributed by atoms with Crippen LogP contribution in [0.4, 0.5) is 0 Å². The van der Waals surface area contributed by atoms with Gasteiger partial charge in [0.1, 0.15) is 6.10 Å². The van der Waals surface area contributed by atoms with Crippen LogP contribution in [0.15, 0.2) is 0 Å². The number of morpholine rings is 1. The van der Waals surface area contributed by atoms with Crippen LogP contribution in [0.5, 0.6) is 0 Å². The largest absolute Gasteiger partial charge is 0.376 e. The molecule has 0 radical (unpaired) electrons. The number of hydrogen-bond acceptors (Lipinski definition) is 5. The van der Waals surface area contributed by atoms with Gasteiger partial charge in [0.2, 0.25) is 5.91 Å². The molecule has 2 atom stereocenters. The van der Waals surface area contributed by atoms with Gasteiger partial charge >= 0.3 is 0 Å². The van der Waals surface area contributed by atoms with Crippen LogP contribution in [0.1, 0.15) is 12.8 Å². The van der Waals surface area contributed by atoms with E-state index in [4.69, 9.17) is 9.47 Å². The molecule has 2 amide bonds. The van der Waals surface area contributed by atoms with Crippen LogP contribution in [-0.2, 0) is 19.1 Å². The van der Waals surface area contributed by atoms with E-state index in [1.54, 1.807) is 14.1 Å². The van der Waals surface area contributed by atoms with Crippen molar-refractivity contribution in [2.45, 2.75) is 25.0 Å². The molecule has 0 aromatic heterocycles. The van der Waals surface area contributed by atoms with E-state index >= 15 is 0 Å². The van der Waals surface area contributed by atoms with Gasteiger partial charge in [0.05, 0.1) is 19.3 Å². The summed E-state index contributed by atoms with van der Waals surface area (Å²) in [6, 6.07) is 0. The smallest absolute Gasteiger partial charge is 0.252 e. The summed E-state index contributed by atoms with van der Waals surface area (Å²) < 4.78 is 10.9. The van der Waals surface area contributed by atoms with Crippen molar-refractivity contribution in [2.75, 3.05) is 53.5 Å². The number of carbonyl (C=O) groups is 2. The highest BCUT2D eigenvalue weighted by atomic mass is 16.5. The van der Waals surface area contributed by atoms with E-state index in [9.17, 15) is 9.59 Å². The zero-order valence-corrected chi connectivity index (χ0v) is 12.8. The van der Waals surface area contributed by atoms with Crippen LogP contribution in [0, 0.1) is 0 Å². The topological polar surface area (TPSA) is 71.1 Å². The molecular weight excluding hydrogens is 274 g/mol. The van der Waals surface area contributed by atoms with Crippen LogP contribution in [0.2, 0.25) is 0 Å². The molecule has 2 heterocycles. The van der Waals surface area contributed by atoms with Crippen molar-refractivity contribution >= 4 is 11.8 Å². The average molecular weight is 299 g/mol. The number of carbonyl (C=O) groups excluding carboxylic acids is 2. The highest BCUT2D eigenvalue weighted by Gasteiger charge is 2.28. The maximum absolute atomic E-state index is 11.9. The molecule has 7 heteroatoms. The highest BCUT2D eigenvalue weighted by molar-refractivity contribution is 5.81. The summed E-state index contributed by atoms with van der Waals surface area (Å²) in [5.41, 5.74) is 0. The second-order valence-electron chi connectivity index (χ2n) is 5.77. The third-order valence-electron chi connectivity index (χ3n) is 3.78. The molecule has 0 aromatic carbocycles. The van der Waals surface area contributed by atoms with Crippen LogP contribution >= 0.6 is 0 Å². The Morgan fingerprint density at radius 3 is 2.76 bits per heavy atom. The van der Waals surface area contributed by atoms with Gasteiger partial charge in [-0.15, -0.1) is 0 Å². The Hall–Kier alpha value is -1.18. The Bertz CT molecular complexity index is 369. The Balaban J connectivity index is 1.71. The Labute approximate surface area is 125 Å². The fraction of sp³-hybridized carbons (Fsp3) is 0.857. The normalized spacial score (nSPS) is 26.6. The zero-order chi connectivity index (χ0) is 15.2. The van der Waals surface area contributed by atoms with Crippen molar-refractivity contribution in [1.29, 1.82) is 0 Å². The molecule has 7 nitrogen and oxygen atoms in total. The van der Waals surface area contributed by atoms with E-state index in [0.29, 0.717) is 32.8 Å². The molecule has 2 saturated heterocycles. The van der Waals surface area contributed by atoms with Crippen molar-refractivity contribution in [2.24, 2.45) is 0 Å². The summed E-state index contributed by atoms with van der Waals surface area (Å²) in [5, 5.41) is 2.90. The minimum atomic E-state index is -0.472. The van der Waals surface area contributed by atoms with Gasteiger partial charge in [0.15, 0.2) is 0 Å². The molecule has 2 unspecified atom stereocenters. The fourth-order valence-corrected chi connectivity index (χ4v) is 2.58. The second kappa shape index (κ2) is 7.72. The van der Waals surface area contributed by atoms with Gasteiger partial charge in [-0.05, 0) is 12.8 Å². The average Bonchev–Trinajstić information content (AvgIpc) is 2.98. The molecule has 120 valence electrons. The summed E-state index contributed by atoms with van der Waals surface area (Å²) in [6.45, 7) is 3.27. The number of rotatable bonds is 5. The Morgan fingerprint density at radius 2 is 2.10 bits per heavy atom. The molecular formula is C14H25N3O4. The van der Waals surface area contributed by atoms with Crippen LogP contribution in [0.3, 0.4) is 0 Å². The van der Waals surface area contributed by atoms with Gasteiger partial charge in [-0.25, -0.2) is 0 Å². The number of nitrogens with one attached hydrogen (secondary N) is 1. The molecule has 2 aliphatic heterocycles. The summed E-state index contributed by atoms with van der Waals surface area (Å²) in [4.78, 5) is 27.3. The number of likely N-dealkylation sites (N-methyl/N-ethyl adjacent to an activating group) is 1. The molecule has 0 saturated carbocycles. The molecule has 0 aromatic rings. The van der Waals surface area contributed by atoms with Gasteiger partial charge < -0.3 is 19.7 Å². The summed E-state index contributed by atoms with van der Waals surface area (Å²) in [7, 11) is 3.41. The van der Waals surface area contributed by atoms with Crippen molar-refractivity contribution in [3.63, 3.8) is 0 Å². The number of amides is 2. The number of nitrogens with zero attached hydrogens (tertiary/aromatic N) is 2. The molecule has 2 aliphatic rings. The third-order valence-corrected chi connectivity index (χ3v) is 3.78. The lowest BCUT2D eigenvalue weighted by Crippen LogP contribution is -2.52. The quantitative estimate of drug-likeness (QED) is 0.710. The van der Waals surface area contributed by atoms with E-state index in [1.165, 1.54) is 4.90 Å². The summed E-state index contributed by atoms with van der Waals surface area (Å²) in [6.07, 6.45) is 1.76. The van der Waals surface area contributed by atoms with E-state index in [2.05, 4.69) is 5.32 Å². The molecule has 21 heavy (non-hydrogen) atoms. The SMILES string of the molecule is CN(C)C(=O)C1CN(CC(=O)NCC2CCCO2)CCO1. The zero-order valence-electron chi connectivity index (χ0n) is 12.8. The summed E-state index contributed by atoms with van der Waals surface area (Å²) >= 11 is 0. The van der Waals surface area contributed by atoms with Crippen LogP contribution in [0.25, 0.3) is 0 Å². The van der Waals surface area contributed by atoms with Gasteiger partial charge in [-0.1, -0.05) is 0 Å². The molecule has 0 aliphatic carbocycles. The van der Waals surface area contributed by atoms with E-state index in [1.807, 2.05) is 4.90 Å². The van der Waals surface area contributed by atoms with E-state index in [0.717, 1.165) is 19.4 Å². The fourth-order valence-electron chi connectivity index (χ4n) is 2.58. The van der Waals surface area contributed by atoms with Crippen molar-refractivity contribution in [1.82, 2.24) is 15.1 Å². The maximum atomic E-state index is 11.9. The van der Waals surface area contributed by atoms with Crippen LogP contribution in [-0.4, -0.2) is 87.3 Å². The van der Waals surface area contributed by atoms with Crippen molar-refractivity contribution in [3.05, 3.63) is 0 Å². The first-order valence-corrected chi connectivity index (χ1v) is 7.49. The molecule has 2 rings (SSSR count). The highest BCUT2D eigenvalue weighted by Crippen LogP contribution is 2.10. The molecule has 0 bridgehead atoms. The number of hydrogen-bond donors (Lipinski definition) is 1. The summed E-state index contributed by atoms with van der Waals surface area (Å²) in [5.74, 6) is -0.0806. The lowest BCUT2D eigenvalue weighted by molar-refractivity contribution is -0.148. The third kappa shape index (κ3) is 4.94. The van der Waals surface area contributed by atoms with Gasteiger partial charge in [0, 0.05) is 40.3 Å². The maximum Gasteiger partial charge on any atom is 0.252 e. The first-order chi connectivity index (χ1) is 10.1. The minimum absolute atomic E-state index is 0.0246. The van der Waals surface area contributed by atoms with Gasteiger partial charge in [-0.2, -0.15) is 0 Å². The van der Waals surface area contributed by atoms with Gasteiger partial charge in [0.25, 0.3) is 5.91 Å². The van der Waals surface area contributed by atoms with Gasteiger partial charge in [-0.3, -0.25) is 14.5 Å².